The van der Waals surface area contributed by atoms with Crippen LogP contribution < -0.4 is 16.6 Å². The predicted molar refractivity (Wildman–Crippen MR) is 126 cm³/mol. The van der Waals surface area contributed by atoms with Gasteiger partial charge < -0.3 is 10.2 Å². The summed E-state index contributed by atoms with van der Waals surface area (Å²) in [6, 6.07) is 6.18. The van der Waals surface area contributed by atoms with Crippen molar-refractivity contribution in [1.29, 1.82) is 0 Å². The summed E-state index contributed by atoms with van der Waals surface area (Å²) in [4.78, 5) is 40.7. The lowest BCUT2D eigenvalue weighted by molar-refractivity contribution is 0.0685. The normalized spacial score (nSPS) is 18.1. The van der Waals surface area contributed by atoms with Crippen LogP contribution in [0.25, 0.3) is 5.69 Å². The first-order valence-corrected chi connectivity index (χ1v) is 12.0. The van der Waals surface area contributed by atoms with E-state index in [9.17, 15) is 14.4 Å². The first kappa shape index (κ1) is 22.8. The summed E-state index contributed by atoms with van der Waals surface area (Å²) in [7, 11) is 0. The van der Waals surface area contributed by atoms with Crippen LogP contribution in [-0.2, 0) is 0 Å². The van der Waals surface area contributed by atoms with Gasteiger partial charge in [-0.1, -0.05) is 30.9 Å². The third-order valence-corrected chi connectivity index (χ3v) is 7.18. The first-order valence-electron chi connectivity index (χ1n) is 11.6. The molecule has 1 aromatic carbocycles. The molecular weight excluding hydrogens is 428 g/mol. The Morgan fingerprint density at radius 2 is 1.69 bits per heavy atom. The number of carbonyl (C=O) groups excluding carboxylic acids is 1. The van der Waals surface area contributed by atoms with E-state index in [1.807, 2.05) is 4.90 Å². The van der Waals surface area contributed by atoms with Crippen LogP contribution in [0.1, 0.15) is 55.3 Å². The van der Waals surface area contributed by atoms with E-state index in [0.29, 0.717) is 22.2 Å². The number of aromatic amines is 1. The quantitative estimate of drug-likeness (QED) is 0.695. The number of rotatable bonds is 6. The van der Waals surface area contributed by atoms with Crippen LogP contribution in [0.15, 0.2) is 40.1 Å². The van der Waals surface area contributed by atoms with Gasteiger partial charge in [-0.2, -0.15) is 0 Å². The molecule has 7 nitrogen and oxygen atoms in total. The minimum Gasteiger partial charge on any atom is -0.339 e. The molecule has 0 aliphatic carbocycles. The second-order valence-electron chi connectivity index (χ2n) is 9.01. The number of hydrogen-bond acceptors (Lipinski definition) is 4. The third-order valence-electron chi connectivity index (χ3n) is 6.86. The van der Waals surface area contributed by atoms with Crippen LogP contribution in [-0.4, -0.2) is 46.5 Å². The second kappa shape index (κ2) is 10.5. The van der Waals surface area contributed by atoms with Crippen LogP contribution >= 0.6 is 11.6 Å². The van der Waals surface area contributed by atoms with Gasteiger partial charge >= 0.3 is 5.69 Å². The van der Waals surface area contributed by atoms with E-state index in [1.165, 1.54) is 48.9 Å². The number of amides is 1. The van der Waals surface area contributed by atoms with E-state index in [0.717, 1.165) is 44.9 Å². The molecule has 172 valence electrons. The molecule has 8 heteroatoms. The van der Waals surface area contributed by atoms with Crippen molar-refractivity contribution in [3.63, 3.8) is 0 Å². The van der Waals surface area contributed by atoms with Crippen LogP contribution in [0.4, 0.5) is 0 Å². The zero-order valence-electron chi connectivity index (χ0n) is 18.3. The maximum Gasteiger partial charge on any atom is 0.332 e. The Hall–Kier alpha value is -2.38. The SMILES string of the molecule is O=C(c1ccc(Cl)c(-n2ccc(=O)[nH]c2=O)c1)N1CCC(CCCC2CCNCC2)CC1. The molecule has 2 aliphatic rings. The Bertz CT molecular complexity index is 1050. The summed E-state index contributed by atoms with van der Waals surface area (Å²) in [5.41, 5.74) is -0.194. The van der Waals surface area contributed by atoms with E-state index < -0.39 is 11.2 Å². The van der Waals surface area contributed by atoms with Crippen molar-refractivity contribution in [2.75, 3.05) is 26.2 Å². The molecule has 0 spiro atoms. The zero-order valence-corrected chi connectivity index (χ0v) is 19.1. The Morgan fingerprint density at radius 3 is 2.38 bits per heavy atom. The summed E-state index contributed by atoms with van der Waals surface area (Å²) in [6.45, 7) is 3.84. The number of benzene rings is 1. The van der Waals surface area contributed by atoms with Gasteiger partial charge in [-0.3, -0.25) is 19.1 Å². The van der Waals surface area contributed by atoms with E-state index in [4.69, 9.17) is 11.6 Å². The van der Waals surface area contributed by atoms with Gasteiger partial charge in [0.05, 0.1) is 10.7 Å². The standard InChI is InChI=1S/C24H31ClN4O3/c25-20-5-4-19(16-21(20)29-15-10-22(30)27-24(29)32)23(31)28-13-8-18(9-14-28)3-1-2-17-6-11-26-12-7-17/h4-5,10,15-18,26H,1-3,6-9,11-14H2,(H,27,30,32). The largest absolute Gasteiger partial charge is 0.339 e. The fourth-order valence-corrected chi connectivity index (χ4v) is 5.12. The Labute approximate surface area is 192 Å². The molecular formula is C24H31ClN4O3. The summed E-state index contributed by atoms with van der Waals surface area (Å²) in [5, 5.41) is 3.76. The minimum atomic E-state index is -0.589. The lowest BCUT2D eigenvalue weighted by Gasteiger charge is -2.32. The number of carbonyl (C=O) groups is 1. The molecule has 0 saturated carbocycles. The van der Waals surface area contributed by atoms with Crippen molar-refractivity contribution < 1.29 is 4.79 Å². The molecule has 2 aliphatic heterocycles. The molecule has 3 heterocycles. The monoisotopic (exact) mass is 458 g/mol. The van der Waals surface area contributed by atoms with Crippen LogP contribution in [0.3, 0.4) is 0 Å². The number of likely N-dealkylation sites (tertiary alicyclic amines) is 1. The van der Waals surface area contributed by atoms with Crippen LogP contribution in [0, 0.1) is 11.8 Å². The van der Waals surface area contributed by atoms with Crippen molar-refractivity contribution >= 4 is 17.5 Å². The lowest BCUT2D eigenvalue weighted by atomic mass is 9.87. The predicted octanol–water partition coefficient (Wildman–Crippen LogP) is 3.20. The van der Waals surface area contributed by atoms with E-state index in [2.05, 4.69) is 10.3 Å². The molecule has 2 fully saturated rings. The van der Waals surface area contributed by atoms with Gasteiger partial charge in [0.15, 0.2) is 0 Å². The molecule has 2 N–H and O–H groups in total. The smallest absolute Gasteiger partial charge is 0.332 e. The van der Waals surface area contributed by atoms with Crippen molar-refractivity contribution in [3.8, 4) is 5.69 Å². The Kier molecular flexibility index (Phi) is 7.48. The number of H-pyrrole nitrogens is 1. The highest BCUT2D eigenvalue weighted by Gasteiger charge is 2.24. The van der Waals surface area contributed by atoms with Crippen molar-refractivity contribution in [3.05, 3.63) is 61.9 Å². The molecule has 0 atom stereocenters. The molecule has 1 aromatic heterocycles. The maximum absolute atomic E-state index is 13.1. The Morgan fingerprint density at radius 1 is 1.00 bits per heavy atom. The number of hydrogen-bond donors (Lipinski definition) is 2. The molecule has 1 amide bonds. The number of nitrogens with one attached hydrogen (secondary N) is 2. The highest BCUT2D eigenvalue weighted by Crippen LogP contribution is 2.27. The average molecular weight is 459 g/mol. The van der Waals surface area contributed by atoms with Crippen LogP contribution in [0.2, 0.25) is 5.02 Å². The molecule has 0 radical (unpaired) electrons. The number of aromatic nitrogens is 2. The van der Waals surface area contributed by atoms with Gasteiger partial charge in [0.25, 0.3) is 11.5 Å². The van der Waals surface area contributed by atoms with Crippen molar-refractivity contribution in [2.24, 2.45) is 11.8 Å². The second-order valence-corrected chi connectivity index (χ2v) is 9.41. The van der Waals surface area contributed by atoms with Crippen LogP contribution in [0.5, 0.6) is 0 Å². The number of halogens is 1. The highest BCUT2D eigenvalue weighted by molar-refractivity contribution is 6.32. The molecule has 32 heavy (non-hydrogen) atoms. The first-order chi connectivity index (χ1) is 15.5. The van der Waals surface area contributed by atoms with Gasteiger partial charge in [-0.25, -0.2) is 4.79 Å². The van der Waals surface area contributed by atoms with Crippen molar-refractivity contribution in [1.82, 2.24) is 19.8 Å². The fraction of sp³-hybridized carbons (Fsp3) is 0.542. The summed E-state index contributed by atoms with van der Waals surface area (Å²) >= 11 is 6.28. The summed E-state index contributed by atoms with van der Waals surface area (Å²) in [6.07, 6.45) is 9.94. The lowest BCUT2D eigenvalue weighted by Crippen LogP contribution is -2.38. The number of piperidine rings is 2. The summed E-state index contributed by atoms with van der Waals surface area (Å²) in [5.74, 6) is 1.53. The molecule has 0 bridgehead atoms. The van der Waals surface area contributed by atoms with Gasteiger partial charge in [-0.15, -0.1) is 0 Å². The third kappa shape index (κ3) is 5.51. The molecule has 2 aromatic rings. The van der Waals surface area contributed by atoms with E-state index in [1.54, 1.807) is 18.2 Å². The average Bonchev–Trinajstić information content (AvgIpc) is 2.80. The minimum absolute atomic E-state index is 0.0476. The van der Waals surface area contributed by atoms with Gasteiger partial charge in [0.2, 0.25) is 0 Å². The summed E-state index contributed by atoms with van der Waals surface area (Å²) < 4.78 is 1.25. The van der Waals surface area contributed by atoms with Gasteiger partial charge in [0, 0.05) is 30.9 Å². The van der Waals surface area contributed by atoms with Crippen molar-refractivity contribution in [2.45, 2.75) is 44.9 Å². The van der Waals surface area contributed by atoms with E-state index >= 15 is 0 Å². The zero-order chi connectivity index (χ0) is 22.5. The molecule has 0 unspecified atom stereocenters. The fourth-order valence-electron chi connectivity index (χ4n) is 4.91. The maximum atomic E-state index is 13.1. The molecule has 2 saturated heterocycles. The van der Waals surface area contributed by atoms with E-state index in [-0.39, 0.29) is 5.91 Å². The number of nitrogens with zero attached hydrogens (tertiary/aromatic N) is 2. The topological polar surface area (TPSA) is 87.2 Å². The molecule has 4 rings (SSSR count). The highest BCUT2D eigenvalue weighted by atomic mass is 35.5. The van der Waals surface area contributed by atoms with Gasteiger partial charge in [0.1, 0.15) is 0 Å². The van der Waals surface area contributed by atoms with Gasteiger partial charge in [-0.05, 0) is 68.8 Å². The Balaban J connectivity index is 1.34.